The molecule has 0 radical (unpaired) electrons. The Bertz CT molecular complexity index is 1320. The average Bonchev–Trinajstić information content (AvgIpc) is 3.22. The van der Waals surface area contributed by atoms with Crippen LogP contribution in [-0.4, -0.2) is 16.9 Å². The lowest BCUT2D eigenvalue weighted by molar-refractivity contribution is -0.122. The maximum Gasteiger partial charge on any atom is 0.270 e. The minimum absolute atomic E-state index is 0.0272. The number of amides is 2. The van der Waals surface area contributed by atoms with Gasteiger partial charge in [0.2, 0.25) is 0 Å². The van der Waals surface area contributed by atoms with Crippen LogP contribution in [0.3, 0.4) is 0 Å². The highest BCUT2D eigenvalue weighted by molar-refractivity contribution is 7.80. The minimum Gasteiger partial charge on any atom is -0.457 e. The lowest BCUT2D eigenvalue weighted by Gasteiger charge is -2.30. The second-order valence-corrected chi connectivity index (χ2v) is 7.50. The van der Waals surface area contributed by atoms with Crippen molar-refractivity contribution in [3.63, 3.8) is 0 Å². The molecule has 8 heteroatoms. The van der Waals surface area contributed by atoms with E-state index in [9.17, 15) is 14.9 Å². The normalized spacial score (nSPS) is 15.2. The third kappa shape index (κ3) is 3.75. The van der Waals surface area contributed by atoms with E-state index >= 15 is 0 Å². The summed E-state index contributed by atoms with van der Waals surface area (Å²) in [6.45, 7) is 1.76. The van der Waals surface area contributed by atoms with Crippen molar-refractivity contribution >= 4 is 52.5 Å². The van der Waals surface area contributed by atoms with E-state index in [1.165, 1.54) is 11.0 Å². The molecule has 2 aromatic carbocycles. The van der Waals surface area contributed by atoms with E-state index in [1.807, 2.05) is 0 Å². The highest BCUT2D eigenvalue weighted by Gasteiger charge is 2.35. The highest BCUT2D eigenvalue weighted by Crippen LogP contribution is 2.30. The third-order valence-corrected chi connectivity index (χ3v) is 5.50. The summed E-state index contributed by atoms with van der Waals surface area (Å²) in [5.41, 5.74) is 2.07. The maximum absolute atomic E-state index is 13.2. The van der Waals surface area contributed by atoms with Crippen LogP contribution in [0.4, 0.5) is 5.69 Å². The molecule has 1 saturated heterocycles. The van der Waals surface area contributed by atoms with Crippen LogP contribution in [0.2, 0.25) is 5.02 Å². The van der Waals surface area contributed by atoms with Gasteiger partial charge in [0.05, 0.1) is 17.3 Å². The quantitative estimate of drug-likeness (QED) is 0.360. The van der Waals surface area contributed by atoms with Crippen molar-refractivity contribution < 1.29 is 14.0 Å². The van der Waals surface area contributed by atoms with Crippen molar-refractivity contribution in [3.05, 3.63) is 82.1 Å². The van der Waals surface area contributed by atoms with E-state index in [2.05, 4.69) is 11.4 Å². The van der Waals surface area contributed by atoms with Crippen molar-refractivity contribution in [1.29, 1.82) is 5.26 Å². The largest absolute Gasteiger partial charge is 0.457 e. The van der Waals surface area contributed by atoms with Crippen molar-refractivity contribution in [3.8, 4) is 17.4 Å². The van der Waals surface area contributed by atoms with Crippen molar-refractivity contribution in [1.82, 2.24) is 5.32 Å². The fourth-order valence-corrected chi connectivity index (χ4v) is 3.67. The molecule has 1 fully saturated rings. The van der Waals surface area contributed by atoms with Gasteiger partial charge in [-0.15, -0.1) is 0 Å². The van der Waals surface area contributed by atoms with Gasteiger partial charge in [0.25, 0.3) is 11.8 Å². The van der Waals surface area contributed by atoms with Crippen LogP contribution in [-0.2, 0) is 9.59 Å². The molecule has 2 heterocycles. The van der Waals surface area contributed by atoms with Crippen LogP contribution in [0, 0.1) is 18.3 Å². The fourth-order valence-electron chi connectivity index (χ4n) is 3.23. The zero-order valence-electron chi connectivity index (χ0n) is 16.2. The molecular weight excluding hydrogens is 434 g/mol. The molecule has 0 atom stereocenters. The summed E-state index contributed by atoms with van der Waals surface area (Å²) in [5, 5.41) is 12.3. The van der Waals surface area contributed by atoms with Gasteiger partial charge in [-0.3, -0.25) is 19.8 Å². The van der Waals surface area contributed by atoms with Crippen LogP contribution in [0.15, 0.2) is 64.6 Å². The van der Waals surface area contributed by atoms with E-state index in [4.69, 9.17) is 28.2 Å². The molecule has 152 valence electrons. The number of benzene rings is 2. The molecule has 3 aromatic rings. The molecule has 2 amide bonds. The summed E-state index contributed by atoms with van der Waals surface area (Å²) in [6, 6.07) is 17.5. The van der Waals surface area contributed by atoms with Crippen LogP contribution in [0.1, 0.15) is 16.9 Å². The maximum atomic E-state index is 13.2. The number of nitrogens with zero attached hydrogens (tertiary/aromatic N) is 2. The molecular formula is C23H14ClN3O3S. The van der Waals surface area contributed by atoms with Crippen LogP contribution in [0.25, 0.3) is 17.4 Å². The molecule has 1 aliphatic heterocycles. The molecule has 0 spiro atoms. The van der Waals surface area contributed by atoms with E-state index in [-0.39, 0.29) is 16.4 Å². The van der Waals surface area contributed by atoms with Crippen molar-refractivity contribution in [2.45, 2.75) is 6.92 Å². The smallest absolute Gasteiger partial charge is 0.270 e. The Morgan fingerprint density at radius 2 is 1.90 bits per heavy atom. The first-order valence-electron chi connectivity index (χ1n) is 9.16. The zero-order chi connectivity index (χ0) is 22.1. The van der Waals surface area contributed by atoms with Gasteiger partial charge in [-0.05, 0) is 67.2 Å². The van der Waals surface area contributed by atoms with E-state index < -0.39 is 11.8 Å². The topological polar surface area (TPSA) is 86.3 Å². The lowest BCUT2D eigenvalue weighted by Crippen LogP contribution is -2.54. The first-order valence-corrected chi connectivity index (χ1v) is 9.95. The third-order valence-electron chi connectivity index (χ3n) is 4.81. The Morgan fingerprint density at radius 1 is 1.13 bits per heavy atom. The average molecular weight is 448 g/mol. The second-order valence-electron chi connectivity index (χ2n) is 6.70. The Balaban J connectivity index is 1.72. The van der Waals surface area contributed by atoms with E-state index in [0.29, 0.717) is 33.2 Å². The predicted molar refractivity (Wildman–Crippen MR) is 121 cm³/mol. The number of carbonyl (C=O) groups excluding carboxylic acids is 2. The molecule has 31 heavy (non-hydrogen) atoms. The summed E-state index contributed by atoms with van der Waals surface area (Å²) in [6.07, 6.45) is 1.35. The monoisotopic (exact) mass is 447 g/mol. The molecule has 0 bridgehead atoms. The molecule has 1 aromatic heterocycles. The molecule has 1 aliphatic rings. The zero-order valence-corrected chi connectivity index (χ0v) is 17.8. The summed E-state index contributed by atoms with van der Waals surface area (Å²) in [5.74, 6) is -0.474. The molecule has 0 unspecified atom stereocenters. The summed E-state index contributed by atoms with van der Waals surface area (Å²) in [7, 11) is 0. The first kappa shape index (κ1) is 20.5. The fraction of sp³-hybridized carbons (Fsp3) is 0.0435. The number of halogens is 1. The molecule has 4 rings (SSSR count). The van der Waals surface area contributed by atoms with Gasteiger partial charge >= 0.3 is 0 Å². The van der Waals surface area contributed by atoms with Crippen molar-refractivity contribution in [2.24, 2.45) is 0 Å². The number of rotatable bonds is 3. The standard InChI is InChI=1S/C23H14ClN3O3S/c1-13-18(24)7-4-8-19(13)27-22(29)17(21(28)26-23(27)31)11-15-9-10-20(30-15)16-6-3-2-5-14(16)12-25/h2-11H,1H3,(H,26,28,31)/b17-11+. The van der Waals surface area contributed by atoms with Crippen LogP contribution < -0.4 is 10.2 Å². The first-order chi connectivity index (χ1) is 14.9. The predicted octanol–water partition coefficient (Wildman–Crippen LogP) is 4.61. The number of hydrogen-bond acceptors (Lipinski definition) is 5. The molecule has 1 N–H and O–H groups in total. The SMILES string of the molecule is Cc1c(Cl)cccc1N1C(=O)/C(=C/c2ccc(-c3ccccc3C#N)o2)C(=O)NC1=S. The van der Waals surface area contributed by atoms with Crippen LogP contribution >= 0.6 is 23.8 Å². The summed E-state index contributed by atoms with van der Waals surface area (Å²) >= 11 is 11.4. The van der Waals surface area contributed by atoms with Crippen molar-refractivity contribution in [2.75, 3.05) is 4.90 Å². The van der Waals surface area contributed by atoms with E-state index in [0.717, 1.165) is 0 Å². The van der Waals surface area contributed by atoms with Gasteiger partial charge in [-0.1, -0.05) is 29.8 Å². The number of nitrogens with one attached hydrogen (secondary N) is 1. The number of hydrogen-bond donors (Lipinski definition) is 1. The summed E-state index contributed by atoms with van der Waals surface area (Å²) < 4.78 is 5.79. The number of furan rings is 1. The van der Waals surface area contributed by atoms with Gasteiger partial charge < -0.3 is 4.42 Å². The van der Waals surface area contributed by atoms with Gasteiger partial charge in [-0.2, -0.15) is 5.26 Å². The Morgan fingerprint density at radius 3 is 2.68 bits per heavy atom. The number of anilines is 1. The van der Waals surface area contributed by atoms with E-state index in [1.54, 1.807) is 61.5 Å². The lowest BCUT2D eigenvalue weighted by atomic mass is 10.1. The van der Waals surface area contributed by atoms with Gasteiger partial charge in [0.1, 0.15) is 17.1 Å². The van der Waals surface area contributed by atoms with Gasteiger partial charge in [0, 0.05) is 10.6 Å². The number of thiocarbonyl (C=S) groups is 1. The highest BCUT2D eigenvalue weighted by atomic mass is 35.5. The minimum atomic E-state index is -0.624. The molecule has 0 aliphatic carbocycles. The van der Waals surface area contributed by atoms with Gasteiger partial charge in [0.15, 0.2) is 5.11 Å². The number of carbonyl (C=O) groups is 2. The number of nitriles is 1. The Hall–Kier alpha value is -3.73. The second kappa shape index (κ2) is 8.19. The summed E-state index contributed by atoms with van der Waals surface area (Å²) in [4.78, 5) is 26.9. The molecule has 0 saturated carbocycles. The van der Waals surface area contributed by atoms with Crippen LogP contribution in [0.5, 0.6) is 0 Å². The van der Waals surface area contributed by atoms with Gasteiger partial charge in [-0.25, -0.2) is 0 Å². The Kier molecular flexibility index (Phi) is 5.42. The molecule has 6 nitrogen and oxygen atoms in total. The Labute approximate surface area is 188 Å².